The smallest absolute Gasteiger partial charge is 0.408 e. The number of carbonyl (C=O) groups is 2. The van der Waals surface area contributed by atoms with Gasteiger partial charge in [0.2, 0.25) is 0 Å². The minimum atomic E-state index is -1.15. The maximum atomic E-state index is 13.7. The number of anilines is 1. The molecule has 1 unspecified atom stereocenters. The molecule has 202 valence electrons. The molecule has 0 saturated carbocycles. The SMILES string of the molecule is COCCN(CCCCc1ccc2c(n1)NCCC2)CCC(NC(=O)OCc1ccccc1F)C(=O)O. The first-order valence-corrected chi connectivity index (χ1v) is 12.8. The summed E-state index contributed by atoms with van der Waals surface area (Å²) in [5, 5.41) is 15.3. The van der Waals surface area contributed by atoms with Crippen molar-refractivity contribution in [3.8, 4) is 0 Å². The van der Waals surface area contributed by atoms with E-state index in [2.05, 4.69) is 27.7 Å². The number of benzene rings is 1. The first kappa shape index (κ1) is 28.3. The number of carbonyl (C=O) groups excluding carboxylic acids is 1. The lowest BCUT2D eigenvalue weighted by atomic mass is 10.1. The summed E-state index contributed by atoms with van der Waals surface area (Å²) < 4.78 is 23.9. The molecule has 37 heavy (non-hydrogen) atoms. The van der Waals surface area contributed by atoms with Crippen LogP contribution >= 0.6 is 0 Å². The molecule has 2 heterocycles. The number of aromatic nitrogens is 1. The molecular formula is C27H37FN4O5. The number of aryl methyl sites for hydroxylation is 2. The maximum Gasteiger partial charge on any atom is 0.408 e. The van der Waals surface area contributed by atoms with Gasteiger partial charge < -0.3 is 30.1 Å². The van der Waals surface area contributed by atoms with E-state index in [1.165, 1.54) is 23.8 Å². The molecule has 3 rings (SSSR count). The Bertz CT molecular complexity index is 1020. The number of carboxylic acid groups (broad SMARTS) is 1. The van der Waals surface area contributed by atoms with Crippen LogP contribution in [0.5, 0.6) is 0 Å². The second-order valence-electron chi connectivity index (χ2n) is 9.12. The van der Waals surface area contributed by atoms with Crippen LogP contribution in [0.3, 0.4) is 0 Å². The van der Waals surface area contributed by atoms with E-state index in [9.17, 15) is 19.1 Å². The van der Waals surface area contributed by atoms with Crippen LogP contribution in [-0.4, -0.2) is 73.0 Å². The molecule has 2 aromatic rings. The normalized spacial score (nSPS) is 13.5. The van der Waals surface area contributed by atoms with Gasteiger partial charge in [-0.3, -0.25) is 0 Å². The Morgan fingerprint density at radius 3 is 2.81 bits per heavy atom. The fourth-order valence-electron chi connectivity index (χ4n) is 4.22. The van der Waals surface area contributed by atoms with E-state index in [0.29, 0.717) is 19.7 Å². The summed E-state index contributed by atoms with van der Waals surface area (Å²) in [5.74, 6) is -0.635. The number of rotatable bonds is 15. The van der Waals surface area contributed by atoms with Crippen LogP contribution in [0, 0.1) is 5.82 Å². The van der Waals surface area contributed by atoms with Crippen LogP contribution in [0.1, 0.15) is 42.5 Å². The van der Waals surface area contributed by atoms with Crippen LogP contribution < -0.4 is 10.6 Å². The number of pyridine rings is 1. The lowest BCUT2D eigenvalue weighted by Gasteiger charge is -2.24. The molecule has 0 fully saturated rings. The minimum absolute atomic E-state index is 0.200. The molecule has 1 aromatic heterocycles. The van der Waals surface area contributed by atoms with Crippen molar-refractivity contribution < 1.29 is 28.6 Å². The van der Waals surface area contributed by atoms with Crippen molar-refractivity contribution in [2.45, 2.75) is 51.2 Å². The summed E-state index contributed by atoms with van der Waals surface area (Å²) in [6, 6.07) is 9.09. The molecule has 9 nitrogen and oxygen atoms in total. The number of aliphatic carboxylic acids is 1. The van der Waals surface area contributed by atoms with Gasteiger partial charge in [-0.2, -0.15) is 0 Å². The number of hydrogen-bond donors (Lipinski definition) is 3. The van der Waals surface area contributed by atoms with Gasteiger partial charge in [0, 0.05) is 38.0 Å². The molecule has 1 aliphatic rings. The molecule has 0 saturated heterocycles. The number of carboxylic acids is 1. The Hall–Kier alpha value is -3.24. The number of amides is 1. The first-order valence-electron chi connectivity index (χ1n) is 12.8. The van der Waals surface area contributed by atoms with Crippen LogP contribution in [0.2, 0.25) is 0 Å². The number of alkyl carbamates (subject to hydrolysis) is 1. The van der Waals surface area contributed by atoms with Crippen molar-refractivity contribution in [1.29, 1.82) is 0 Å². The summed E-state index contributed by atoms with van der Waals surface area (Å²) in [6.07, 6.45) is 4.26. The van der Waals surface area contributed by atoms with E-state index < -0.39 is 23.9 Å². The highest BCUT2D eigenvalue weighted by Gasteiger charge is 2.22. The predicted molar refractivity (Wildman–Crippen MR) is 138 cm³/mol. The molecule has 0 bridgehead atoms. The van der Waals surface area contributed by atoms with Crippen molar-refractivity contribution in [2.24, 2.45) is 0 Å². The minimum Gasteiger partial charge on any atom is -0.480 e. The Labute approximate surface area is 217 Å². The Morgan fingerprint density at radius 2 is 2.03 bits per heavy atom. The standard InChI is InChI=1S/C27H37FN4O5/c1-36-18-17-32(15-5-4-9-22-12-11-20-8-6-14-29-25(20)30-22)16-13-24(26(33)34)31-27(35)37-19-21-7-2-3-10-23(21)28/h2-3,7,10-12,24H,4-6,8-9,13-19H2,1H3,(H,29,30)(H,31,35)(H,33,34). The van der Waals surface area contributed by atoms with Crippen molar-refractivity contribution in [3.05, 3.63) is 59.0 Å². The van der Waals surface area contributed by atoms with Crippen LogP contribution in [0.4, 0.5) is 15.0 Å². The van der Waals surface area contributed by atoms with Gasteiger partial charge in [0.25, 0.3) is 0 Å². The number of fused-ring (bicyclic) bond motifs is 1. The largest absolute Gasteiger partial charge is 0.480 e. The maximum absolute atomic E-state index is 13.7. The van der Waals surface area contributed by atoms with E-state index in [4.69, 9.17) is 14.5 Å². The van der Waals surface area contributed by atoms with Crippen molar-refractivity contribution in [2.75, 3.05) is 45.2 Å². The second-order valence-corrected chi connectivity index (χ2v) is 9.12. The third-order valence-corrected chi connectivity index (χ3v) is 6.36. The van der Waals surface area contributed by atoms with Gasteiger partial charge in [0.1, 0.15) is 24.3 Å². The molecule has 10 heteroatoms. The van der Waals surface area contributed by atoms with Gasteiger partial charge in [-0.05, 0) is 62.8 Å². The number of nitrogens with zero attached hydrogens (tertiary/aromatic N) is 2. The topological polar surface area (TPSA) is 113 Å². The van der Waals surface area contributed by atoms with Gasteiger partial charge in [0.15, 0.2) is 0 Å². The summed E-state index contributed by atoms with van der Waals surface area (Å²) in [6.45, 7) is 3.11. The summed E-state index contributed by atoms with van der Waals surface area (Å²) in [5.41, 5.74) is 2.57. The second kappa shape index (κ2) is 15.1. The third kappa shape index (κ3) is 9.62. The van der Waals surface area contributed by atoms with E-state index >= 15 is 0 Å². The van der Waals surface area contributed by atoms with Crippen molar-refractivity contribution in [1.82, 2.24) is 15.2 Å². The van der Waals surface area contributed by atoms with E-state index in [0.717, 1.165) is 56.7 Å². The monoisotopic (exact) mass is 516 g/mol. The molecule has 0 radical (unpaired) electrons. The van der Waals surface area contributed by atoms with Gasteiger partial charge in [-0.25, -0.2) is 19.0 Å². The first-order chi connectivity index (χ1) is 18.0. The molecular weight excluding hydrogens is 479 g/mol. The zero-order valence-electron chi connectivity index (χ0n) is 21.4. The molecule has 3 N–H and O–H groups in total. The van der Waals surface area contributed by atoms with Crippen LogP contribution in [0.25, 0.3) is 0 Å². The highest BCUT2D eigenvalue weighted by Crippen LogP contribution is 2.20. The van der Waals surface area contributed by atoms with Crippen LogP contribution in [0.15, 0.2) is 36.4 Å². The highest BCUT2D eigenvalue weighted by atomic mass is 19.1. The molecule has 0 aliphatic carbocycles. The Kier molecular flexibility index (Phi) is 11.6. The number of ether oxygens (including phenoxy) is 2. The Balaban J connectivity index is 1.43. The van der Waals surface area contributed by atoms with Gasteiger partial charge in [0.05, 0.1) is 6.61 Å². The fourth-order valence-corrected chi connectivity index (χ4v) is 4.22. The van der Waals surface area contributed by atoms with E-state index in [1.807, 2.05) is 0 Å². The zero-order valence-corrected chi connectivity index (χ0v) is 21.4. The lowest BCUT2D eigenvalue weighted by molar-refractivity contribution is -0.139. The van der Waals surface area contributed by atoms with Gasteiger partial charge >= 0.3 is 12.1 Å². The van der Waals surface area contributed by atoms with Crippen LogP contribution in [-0.2, 0) is 33.7 Å². The molecule has 1 amide bonds. The molecule has 0 spiro atoms. The van der Waals surface area contributed by atoms with E-state index in [1.54, 1.807) is 13.2 Å². The van der Waals surface area contributed by atoms with Gasteiger partial charge in [-0.1, -0.05) is 24.3 Å². The quantitative estimate of drug-likeness (QED) is 0.308. The predicted octanol–water partition coefficient (Wildman–Crippen LogP) is 3.62. The molecule has 1 atom stereocenters. The number of halogens is 1. The average Bonchev–Trinajstić information content (AvgIpc) is 2.90. The molecule has 1 aliphatic heterocycles. The number of unbranched alkanes of at least 4 members (excludes halogenated alkanes) is 1. The fraction of sp³-hybridized carbons (Fsp3) is 0.519. The van der Waals surface area contributed by atoms with Crippen molar-refractivity contribution >= 4 is 17.9 Å². The number of nitrogens with one attached hydrogen (secondary N) is 2. The Morgan fingerprint density at radius 1 is 1.19 bits per heavy atom. The number of methoxy groups -OCH3 is 1. The van der Waals surface area contributed by atoms with Crippen molar-refractivity contribution in [3.63, 3.8) is 0 Å². The summed E-state index contributed by atoms with van der Waals surface area (Å²) >= 11 is 0. The average molecular weight is 517 g/mol. The summed E-state index contributed by atoms with van der Waals surface area (Å²) in [4.78, 5) is 30.7. The third-order valence-electron chi connectivity index (χ3n) is 6.36. The number of hydrogen-bond acceptors (Lipinski definition) is 7. The summed E-state index contributed by atoms with van der Waals surface area (Å²) in [7, 11) is 1.63. The molecule has 1 aromatic carbocycles. The highest BCUT2D eigenvalue weighted by molar-refractivity contribution is 5.79. The van der Waals surface area contributed by atoms with Gasteiger partial charge in [-0.15, -0.1) is 0 Å². The van der Waals surface area contributed by atoms with E-state index in [-0.39, 0.29) is 18.6 Å². The zero-order chi connectivity index (χ0) is 26.5. The lowest BCUT2D eigenvalue weighted by Crippen LogP contribution is -2.43.